The largest absolute Gasteiger partial charge is 0.289 e. The number of benzene rings is 1. The molecule has 0 saturated carbocycles. The molecule has 2 rings (SSSR count). The molecule has 0 amide bonds. The third-order valence-electron chi connectivity index (χ3n) is 6.29. The fourth-order valence-electron chi connectivity index (χ4n) is 4.06. The second-order valence-electron chi connectivity index (χ2n) is 9.56. The van der Waals surface area contributed by atoms with Crippen LogP contribution in [0.1, 0.15) is 107 Å². The highest BCUT2D eigenvalue weighted by molar-refractivity contribution is 6.26. The molecule has 176 valence electrons. The van der Waals surface area contributed by atoms with Crippen molar-refractivity contribution in [2.45, 2.75) is 86.5 Å². The van der Waals surface area contributed by atoms with Crippen molar-refractivity contribution in [1.82, 2.24) is 0 Å². The normalized spacial score (nSPS) is 15.2. The number of ketones is 2. The third kappa shape index (κ3) is 8.28. The van der Waals surface area contributed by atoms with Crippen LogP contribution in [-0.2, 0) is 0 Å². The SMILES string of the molecule is CC(C)=CCC/C(C)=C\CC/C(C)=C/CC/C(C)=C/CC1=C(C)C(=O)c2ccccc2C1=O. The summed E-state index contributed by atoms with van der Waals surface area (Å²) < 4.78 is 0. The molecule has 33 heavy (non-hydrogen) atoms. The van der Waals surface area contributed by atoms with E-state index >= 15 is 0 Å². The minimum Gasteiger partial charge on any atom is -0.289 e. The van der Waals surface area contributed by atoms with Gasteiger partial charge in [0.15, 0.2) is 11.6 Å². The van der Waals surface area contributed by atoms with Crippen molar-refractivity contribution in [2.75, 3.05) is 0 Å². The molecule has 2 nitrogen and oxygen atoms in total. The summed E-state index contributed by atoms with van der Waals surface area (Å²) in [6.07, 6.45) is 16.1. The second kappa shape index (κ2) is 13.1. The Kier molecular flexibility index (Phi) is 10.5. The zero-order valence-electron chi connectivity index (χ0n) is 21.4. The molecule has 0 heterocycles. The molecule has 1 aliphatic carbocycles. The summed E-state index contributed by atoms with van der Waals surface area (Å²) in [5, 5.41) is 0. The first-order valence-electron chi connectivity index (χ1n) is 12.2. The van der Waals surface area contributed by atoms with Crippen LogP contribution < -0.4 is 0 Å². The van der Waals surface area contributed by atoms with Gasteiger partial charge in [-0.2, -0.15) is 0 Å². The summed E-state index contributed by atoms with van der Waals surface area (Å²) in [6.45, 7) is 12.6. The predicted octanol–water partition coefficient (Wildman–Crippen LogP) is 8.92. The molecular formula is C31H40O2. The van der Waals surface area contributed by atoms with Crippen molar-refractivity contribution in [3.8, 4) is 0 Å². The van der Waals surface area contributed by atoms with Crippen LogP contribution in [0.2, 0.25) is 0 Å². The molecule has 0 aliphatic heterocycles. The van der Waals surface area contributed by atoms with Gasteiger partial charge in [0.25, 0.3) is 0 Å². The minimum atomic E-state index is -0.0222. The monoisotopic (exact) mass is 444 g/mol. The van der Waals surface area contributed by atoms with Crippen LogP contribution in [0.3, 0.4) is 0 Å². The van der Waals surface area contributed by atoms with Crippen LogP contribution in [-0.4, -0.2) is 11.6 Å². The van der Waals surface area contributed by atoms with Gasteiger partial charge in [0, 0.05) is 22.3 Å². The fourth-order valence-corrected chi connectivity index (χ4v) is 4.06. The zero-order chi connectivity index (χ0) is 24.4. The van der Waals surface area contributed by atoms with Crippen LogP contribution in [0.15, 0.2) is 82.0 Å². The second-order valence-corrected chi connectivity index (χ2v) is 9.56. The number of hydrogen-bond acceptors (Lipinski definition) is 2. The number of rotatable bonds is 11. The average Bonchev–Trinajstić information content (AvgIpc) is 2.77. The maximum absolute atomic E-state index is 12.9. The van der Waals surface area contributed by atoms with E-state index in [1.54, 1.807) is 19.1 Å². The highest BCUT2D eigenvalue weighted by Crippen LogP contribution is 2.28. The Morgan fingerprint density at radius 3 is 1.64 bits per heavy atom. The summed E-state index contributed by atoms with van der Waals surface area (Å²) in [4.78, 5) is 25.5. The van der Waals surface area contributed by atoms with Crippen molar-refractivity contribution < 1.29 is 9.59 Å². The third-order valence-corrected chi connectivity index (χ3v) is 6.29. The Morgan fingerprint density at radius 1 is 0.667 bits per heavy atom. The lowest BCUT2D eigenvalue weighted by Gasteiger charge is -2.18. The molecule has 0 atom stereocenters. The number of carbonyl (C=O) groups excluding carboxylic acids is 2. The zero-order valence-corrected chi connectivity index (χ0v) is 21.4. The number of fused-ring (bicyclic) bond motifs is 1. The van der Waals surface area contributed by atoms with Crippen LogP contribution in [0.5, 0.6) is 0 Å². The first kappa shape index (κ1) is 26.5. The van der Waals surface area contributed by atoms with Gasteiger partial charge in [-0.15, -0.1) is 0 Å². The van der Waals surface area contributed by atoms with Gasteiger partial charge in [-0.1, -0.05) is 70.9 Å². The standard InChI is InChI=1S/C31H40O2/c1-22(2)12-9-13-23(3)14-10-15-24(4)16-11-17-25(5)20-21-27-26(6)30(32)28-18-7-8-19-29(28)31(27)33/h7-8,12,14,16,18-20H,9-11,13,15,17,21H2,1-6H3/b23-14-,24-16+,25-20+. The lowest BCUT2D eigenvalue weighted by atomic mass is 9.83. The lowest BCUT2D eigenvalue weighted by molar-refractivity contribution is 0.0973. The molecule has 0 aromatic heterocycles. The molecule has 0 spiro atoms. The summed E-state index contributed by atoms with van der Waals surface area (Å²) in [7, 11) is 0. The van der Waals surface area contributed by atoms with E-state index in [4.69, 9.17) is 0 Å². The quantitative estimate of drug-likeness (QED) is 0.319. The smallest absolute Gasteiger partial charge is 0.190 e. The van der Waals surface area contributed by atoms with E-state index in [2.05, 4.69) is 58.9 Å². The van der Waals surface area contributed by atoms with E-state index in [1.807, 2.05) is 12.1 Å². The van der Waals surface area contributed by atoms with Crippen molar-refractivity contribution >= 4 is 11.6 Å². The van der Waals surface area contributed by atoms with Gasteiger partial charge in [0.1, 0.15) is 0 Å². The van der Waals surface area contributed by atoms with E-state index in [0.29, 0.717) is 28.7 Å². The molecule has 1 aromatic rings. The summed E-state index contributed by atoms with van der Waals surface area (Å²) in [6, 6.07) is 7.13. The van der Waals surface area contributed by atoms with Crippen molar-refractivity contribution in [1.29, 1.82) is 0 Å². The van der Waals surface area contributed by atoms with Gasteiger partial charge >= 0.3 is 0 Å². The fraction of sp³-hybridized carbons (Fsp3) is 0.419. The van der Waals surface area contributed by atoms with Crippen LogP contribution >= 0.6 is 0 Å². The predicted molar refractivity (Wildman–Crippen MR) is 141 cm³/mol. The van der Waals surface area contributed by atoms with E-state index in [9.17, 15) is 9.59 Å². The van der Waals surface area contributed by atoms with Gasteiger partial charge < -0.3 is 0 Å². The molecule has 1 aromatic carbocycles. The van der Waals surface area contributed by atoms with Gasteiger partial charge in [-0.25, -0.2) is 0 Å². The summed E-state index contributed by atoms with van der Waals surface area (Å²) in [5.74, 6) is -0.0299. The highest BCUT2D eigenvalue weighted by Gasteiger charge is 2.28. The Hall–Kier alpha value is -2.74. The van der Waals surface area contributed by atoms with Crippen LogP contribution in [0.25, 0.3) is 0 Å². The molecule has 2 heteroatoms. The lowest BCUT2D eigenvalue weighted by Crippen LogP contribution is -2.20. The van der Waals surface area contributed by atoms with Gasteiger partial charge in [-0.05, 0) is 86.5 Å². The van der Waals surface area contributed by atoms with E-state index in [-0.39, 0.29) is 11.6 Å². The number of Topliss-reactive ketones (excluding diaryl/α,β-unsaturated/α-hetero) is 2. The number of carbonyl (C=O) groups is 2. The van der Waals surface area contributed by atoms with Crippen molar-refractivity contribution in [3.63, 3.8) is 0 Å². The van der Waals surface area contributed by atoms with Gasteiger partial charge in [0.2, 0.25) is 0 Å². The topological polar surface area (TPSA) is 34.1 Å². The minimum absolute atomic E-state index is 0.00770. The Balaban J connectivity index is 1.83. The first-order chi connectivity index (χ1) is 15.7. The van der Waals surface area contributed by atoms with E-state index in [0.717, 1.165) is 38.5 Å². The molecule has 1 aliphatic rings. The Morgan fingerprint density at radius 2 is 1.12 bits per heavy atom. The molecule has 0 saturated heterocycles. The van der Waals surface area contributed by atoms with E-state index in [1.165, 1.54) is 22.3 Å². The van der Waals surface area contributed by atoms with Crippen LogP contribution in [0, 0.1) is 0 Å². The van der Waals surface area contributed by atoms with Gasteiger partial charge in [0.05, 0.1) is 0 Å². The Bertz CT molecular complexity index is 1020. The first-order valence-corrected chi connectivity index (χ1v) is 12.2. The maximum atomic E-state index is 12.9. The number of allylic oxidation sites excluding steroid dienone is 10. The molecule has 0 fully saturated rings. The Labute approximate surface area is 200 Å². The summed E-state index contributed by atoms with van der Waals surface area (Å²) in [5.41, 5.74) is 7.84. The highest BCUT2D eigenvalue weighted by atomic mass is 16.1. The van der Waals surface area contributed by atoms with Crippen LogP contribution in [0.4, 0.5) is 0 Å². The van der Waals surface area contributed by atoms with Crippen molar-refractivity contribution in [2.24, 2.45) is 0 Å². The molecular weight excluding hydrogens is 404 g/mol. The van der Waals surface area contributed by atoms with Crippen molar-refractivity contribution in [3.05, 3.63) is 93.1 Å². The summed E-state index contributed by atoms with van der Waals surface area (Å²) >= 11 is 0. The van der Waals surface area contributed by atoms with E-state index < -0.39 is 0 Å². The molecule has 0 bridgehead atoms. The molecule has 0 unspecified atom stereocenters. The molecule has 0 radical (unpaired) electrons. The number of hydrogen-bond donors (Lipinski definition) is 0. The van der Waals surface area contributed by atoms with Gasteiger partial charge in [-0.3, -0.25) is 9.59 Å². The maximum Gasteiger partial charge on any atom is 0.190 e. The molecule has 0 N–H and O–H groups in total. The average molecular weight is 445 g/mol.